The number of aromatic nitrogens is 8. The van der Waals surface area contributed by atoms with Gasteiger partial charge in [-0.3, -0.25) is 28.5 Å². The summed E-state index contributed by atoms with van der Waals surface area (Å²) in [5.74, 6) is -1.09. The predicted octanol–water partition coefficient (Wildman–Crippen LogP) is 4.67. The molecule has 0 spiro atoms. The van der Waals surface area contributed by atoms with Crippen LogP contribution < -0.4 is 32.2 Å². The maximum Gasteiger partial charge on any atom is 0.298 e. The van der Waals surface area contributed by atoms with E-state index in [1.54, 1.807) is 82.2 Å². The van der Waals surface area contributed by atoms with Crippen LogP contribution >= 0.6 is 0 Å². The first-order chi connectivity index (χ1) is 31.0. The lowest BCUT2D eigenvalue weighted by atomic mass is 10.1. The second kappa shape index (κ2) is 18.5. The lowest BCUT2D eigenvalue weighted by molar-refractivity contribution is 0.0977. The van der Waals surface area contributed by atoms with Crippen molar-refractivity contribution in [1.82, 2.24) is 37.8 Å². The summed E-state index contributed by atoms with van der Waals surface area (Å²) in [4.78, 5) is 62.4. The fourth-order valence-electron chi connectivity index (χ4n) is 7.94. The van der Waals surface area contributed by atoms with Gasteiger partial charge in [-0.05, 0) is 102 Å². The van der Waals surface area contributed by atoms with E-state index < -0.39 is 23.6 Å². The Balaban J connectivity index is 1.39. The largest absolute Gasteiger partial charge is 0.497 e. The number of methoxy groups -OCH3 is 1. The zero-order chi connectivity index (χ0) is 46.9. The zero-order valence-electron chi connectivity index (χ0n) is 38.2. The number of amides is 4. The van der Waals surface area contributed by atoms with Crippen LogP contribution in [0, 0.1) is 13.8 Å². The summed E-state index contributed by atoms with van der Waals surface area (Å²) in [6, 6.07) is 19.5. The molecule has 18 nitrogen and oxygen atoms in total. The first kappa shape index (κ1) is 45.3. The Labute approximate surface area is 374 Å². The summed E-state index contributed by atoms with van der Waals surface area (Å²) in [6.45, 7) is 13.1. The van der Waals surface area contributed by atoms with Crippen molar-refractivity contribution >= 4 is 45.7 Å². The molecule has 0 radical (unpaired) electrons. The Kier molecular flexibility index (Phi) is 12.9. The van der Waals surface area contributed by atoms with Gasteiger partial charge in [0.1, 0.15) is 28.4 Å². The number of carbonyl (C=O) groups excluding carboxylic acids is 4. The number of fused-ring (bicyclic) bond motifs is 2. The molecule has 0 unspecified atom stereocenters. The molecule has 0 aliphatic rings. The molecule has 7 rings (SSSR count). The Morgan fingerprint density at radius 2 is 1.18 bits per heavy atom. The van der Waals surface area contributed by atoms with Gasteiger partial charge in [0.05, 0.1) is 41.7 Å². The molecule has 3 aromatic carbocycles. The summed E-state index contributed by atoms with van der Waals surface area (Å²) < 4.78 is 22.4. The average Bonchev–Trinajstić information content (AvgIpc) is 4.01. The highest BCUT2D eigenvalue weighted by Crippen LogP contribution is 2.29. The van der Waals surface area contributed by atoms with Crippen LogP contribution in [0.25, 0.3) is 22.1 Å². The van der Waals surface area contributed by atoms with E-state index in [9.17, 15) is 19.2 Å². The van der Waals surface area contributed by atoms with E-state index in [-0.39, 0.29) is 25.3 Å². The van der Waals surface area contributed by atoms with E-state index in [2.05, 4.69) is 15.2 Å². The lowest BCUT2D eigenvalue weighted by Gasteiger charge is -2.15. The molecule has 0 atom stereocenters. The van der Waals surface area contributed by atoms with Crippen molar-refractivity contribution < 1.29 is 28.7 Å². The third kappa shape index (κ3) is 9.05. The lowest BCUT2D eigenvalue weighted by Crippen LogP contribution is -2.28. The smallest absolute Gasteiger partial charge is 0.298 e. The van der Waals surface area contributed by atoms with Gasteiger partial charge in [-0.15, -0.1) is 0 Å². The van der Waals surface area contributed by atoms with Gasteiger partial charge >= 0.3 is 0 Å². The summed E-state index contributed by atoms with van der Waals surface area (Å²) in [7, 11) is 5.17. The maximum absolute atomic E-state index is 14.1. The van der Waals surface area contributed by atoms with Crippen LogP contribution in [0.3, 0.4) is 0 Å². The third-order valence-electron chi connectivity index (χ3n) is 11.5. The number of nitrogens with two attached hydrogens (primary N) is 2. The quantitative estimate of drug-likeness (QED) is 0.138. The van der Waals surface area contributed by atoms with Gasteiger partial charge in [-0.1, -0.05) is 23.3 Å². The van der Waals surface area contributed by atoms with Crippen LogP contribution in [0.2, 0.25) is 0 Å². The molecular weight excluding hydrogens is 829 g/mol. The number of carbonyl (C=O) groups is 4. The minimum absolute atomic E-state index is 0.223. The molecule has 338 valence electrons. The van der Waals surface area contributed by atoms with E-state index in [1.165, 1.54) is 0 Å². The van der Waals surface area contributed by atoms with Gasteiger partial charge in [0.15, 0.2) is 0 Å². The van der Waals surface area contributed by atoms with E-state index in [0.717, 1.165) is 22.5 Å². The summed E-state index contributed by atoms with van der Waals surface area (Å²) in [6.07, 6.45) is 0.548. The first-order valence-electron chi connectivity index (χ1n) is 21.2. The number of hydrogen-bond donors (Lipinski definition) is 2. The molecule has 0 aliphatic heterocycles. The van der Waals surface area contributed by atoms with Gasteiger partial charge in [-0.2, -0.15) is 20.2 Å². The molecule has 4 heterocycles. The number of imidazole rings is 2. The van der Waals surface area contributed by atoms with Crippen molar-refractivity contribution in [3.63, 3.8) is 0 Å². The number of primary amides is 2. The minimum atomic E-state index is -0.646. The zero-order valence-corrected chi connectivity index (χ0v) is 38.2. The highest BCUT2D eigenvalue weighted by Gasteiger charge is 2.22. The topological polar surface area (TPSA) is 219 Å². The van der Waals surface area contributed by atoms with Gasteiger partial charge in [0.2, 0.25) is 23.1 Å². The van der Waals surface area contributed by atoms with Crippen LogP contribution in [0.15, 0.2) is 87.9 Å². The molecule has 7 aromatic rings. The van der Waals surface area contributed by atoms with Crippen molar-refractivity contribution in [1.29, 1.82) is 0 Å². The number of benzene rings is 3. The molecule has 65 heavy (non-hydrogen) atoms. The molecule has 0 saturated heterocycles. The number of ether oxygens (including phenoxy) is 2. The summed E-state index contributed by atoms with van der Waals surface area (Å²) in [5.41, 5.74) is 20.1. The summed E-state index contributed by atoms with van der Waals surface area (Å²) in [5, 5.41) is 8.91. The van der Waals surface area contributed by atoms with Crippen molar-refractivity contribution in [2.75, 3.05) is 13.7 Å². The number of nitrogens with zero attached hydrogens (tertiary/aromatic N) is 10. The molecular formula is C47H54N12O6. The fraction of sp³-hybridized carbons (Fsp3) is 0.319. The van der Waals surface area contributed by atoms with Crippen molar-refractivity contribution in [2.45, 2.75) is 74.1 Å². The van der Waals surface area contributed by atoms with Gasteiger partial charge in [0.25, 0.3) is 11.8 Å². The maximum atomic E-state index is 14.1. The molecule has 0 saturated carbocycles. The number of rotatable bonds is 15. The normalized spacial score (nSPS) is 12.6. The number of allylic oxidation sites excluding steroid dienone is 2. The van der Waals surface area contributed by atoms with E-state index in [4.69, 9.17) is 25.9 Å². The van der Waals surface area contributed by atoms with Gasteiger partial charge in [-0.25, -0.2) is 0 Å². The van der Waals surface area contributed by atoms with Crippen molar-refractivity contribution in [2.24, 2.45) is 35.5 Å². The van der Waals surface area contributed by atoms with E-state index >= 15 is 0 Å². The Hall–Kier alpha value is -7.76. The molecule has 0 fully saturated rings. The van der Waals surface area contributed by atoms with Gasteiger partial charge < -0.3 is 39.2 Å². The SMILES string of the molecule is CCn1nc(C)cc1C(=O)/N=c1\n(C)c2cc(C(N)=O)ccc2n1C/C(C)=C(\C)Cn1/c(=N/C(=O)c2cc(C)nn2CC)n(C)c2cc(C(N)=O)cc(OCCc3ccc(OC)cc3)c21. The molecule has 4 amide bonds. The monoisotopic (exact) mass is 882 g/mol. The molecule has 18 heteroatoms. The first-order valence-corrected chi connectivity index (χ1v) is 21.2. The molecule has 4 N–H and O–H groups in total. The van der Waals surface area contributed by atoms with Gasteiger partial charge in [0, 0.05) is 57.8 Å². The predicted molar refractivity (Wildman–Crippen MR) is 244 cm³/mol. The molecule has 0 bridgehead atoms. The number of hydrogen-bond acceptors (Lipinski definition) is 8. The van der Waals surface area contributed by atoms with Crippen molar-refractivity contribution in [3.05, 3.63) is 129 Å². The highest BCUT2D eigenvalue weighted by molar-refractivity contribution is 5.99. The summed E-state index contributed by atoms with van der Waals surface area (Å²) >= 11 is 0. The van der Waals surface area contributed by atoms with E-state index in [1.807, 2.05) is 74.9 Å². The average molecular weight is 883 g/mol. The minimum Gasteiger partial charge on any atom is -0.497 e. The Bertz CT molecular complexity index is 3200. The van der Waals surface area contributed by atoms with Crippen LogP contribution in [-0.2, 0) is 46.7 Å². The van der Waals surface area contributed by atoms with Crippen molar-refractivity contribution in [3.8, 4) is 11.5 Å². The van der Waals surface area contributed by atoms with Crippen LogP contribution in [0.1, 0.15) is 86.3 Å². The third-order valence-corrected chi connectivity index (χ3v) is 11.5. The second-order valence-corrected chi connectivity index (χ2v) is 16.0. The van der Waals surface area contributed by atoms with E-state index in [0.29, 0.717) is 86.9 Å². The molecule has 0 aliphatic carbocycles. The van der Waals surface area contributed by atoms with Crippen LogP contribution in [0.5, 0.6) is 11.5 Å². The molecule has 4 aromatic heterocycles. The fourth-order valence-corrected chi connectivity index (χ4v) is 7.94. The number of aryl methyl sites for hydroxylation is 6. The highest BCUT2D eigenvalue weighted by atomic mass is 16.5. The standard InChI is InChI=1S/C47H54N12O6/c1-10-58-38(20-29(5)52-58)44(62)50-46-54(7)36-22-32(42(48)60)14-17-35(36)56(46)25-27(3)28(4)26-57-41-37(55(8)47(57)51-45(63)39-21-30(6)53-59(39)11-2)23-33(43(49)61)24-40(41)65-19-18-31-12-15-34(64-9)16-13-31/h12-17,20-24H,10-11,18-19,25-26H2,1-9H3,(H2,48,60)(H2,49,61)/b28-27+,50-46+,51-47+. The Morgan fingerprint density at radius 1 is 0.662 bits per heavy atom. The Morgan fingerprint density at radius 3 is 1.72 bits per heavy atom. The second-order valence-electron chi connectivity index (χ2n) is 16.0. The van der Waals surface area contributed by atoms with Crippen LogP contribution in [0.4, 0.5) is 0 Å². The van der Waals surface area contributed by atoms with Crippen LogP contribution in [-0.4, -0.2) is 75.2 Å².